The van der Waals surface area contributed by atoms with Crippen LogP contribution in [-0.4, -0.2) is 30.2 Å². The summed E-state index contributed by atoms with van der Waals surface area (Å²) in [6.07, 6.45) is 1.39. The van der Waals surface area contributed by atoms with Gasteiger partial charge in [0.25, 0.3) is 11.8 Å². The number of aromatic hydroxyl groups is 1. The fourth-order valence-corrected chi connectivity index (χ4v) is 2.86. The Morgan fingerprint density at radius 1 is 1.03 bits per heavy atom. The Morgan fingerprint density at radius 3 is 2.47 bits per heavy atom. The summed E-state index contributed by atoms with van der Waals surface area (Å²) in [5, 5.41) is 16.4. The van der Waals surface area contributed by atoms with E-state index in [0.717, 1.165) is 4.47 Å². The lowest BCUT2D eigenvalue weighted by molar-refractivity contribution is 0.0956. The quantitative estimate of drug-likeness (QED) is 0.373. The number of hydrogen-bond acceptors (Lipinski definition) is 5. The number of benzene rings is 3. The van der Waals surface area contributed by atoms with Crippen molar-refractivity contribution in [2.75, 3.05) is 12.4 Å². The highest BCUT2D eigenvalue weighted by atomic mass is 79.9. The fraction of sp³-hybridized carbons (Fsp3) is 0.0455. The van der Waals surface area contributed by atoms with E-state index in [-0.39, 0.29) is 17.2 Å². The van der Waals surface area contributed by atoms with Gasteiger partial charge >= 0.3 is 0 Å². The molecule has 30 heavy (non-hydrogen) atoms. The molecule has 0 aliphatic heterocycles. The van der Waals surface area contributed by atoms with Crippen molar-refractivity contribution in [3.8, 4) is 11.5 Å². The van der Waals surface area contributed by atoms with Crippen molar-refractivity contribution in [1.82, 2.24) is 5.43 Å². The van der Waals surface area contributed by atoms with Crippen LogP contribution in [0, 0.1) is 0 Å². The van der Waals surface area contributed by atoms with Crippen LogP contribution < -0.4 is 15.5 Å². The molecule has 7 nitrogen and oxygen atoms in total. The molecule has 0 unspecified atom stereocenters. The molecular formula is C22H18BrN3O4. The average molecular weight is 468 g/mol. The van der Waals surface area contributed by atoms with Crippen LogP contribution in [0.1, 0.15) is 26.3 Å². The molecule has 0 saturated heterocycles. The summed E-state index contributed by atoms with van der Waals surface area (Å²) >= 11 is 3.33. The maximum atomic E-state index is 12.5. The van der Waals surface area contributed by atoms with Gasteiger partial charge in [0.2, 0.25) is 0 Å². The third kappa shape index (κ3) is 5.24. The zero-order valence-electron chi connectivity index (χ0n) is 15.9. The van der Waals surface area contributed by atoms with Gasteiger partial charge < -0.3 is 15.2 Å². The number of hydrogen-bond donors (Lipinski definition) is 3. The molecule has 0 aromatic heterocycles. The van der Waals surface area contributed by atoms with Crippen molar-refractivity contribution in [3.05, 3.63) is 87.9 Å². The molecular weight excluding hydrogens is 450 g/mol. The third-order valence-electron chi connectivity index (χ3n) is 4.11. The number of carbonyl (C=O) groups excluding carboxylic acids is 2. The average Bonchev–Trinajstić information content (AvgIpc) is 2.74. The highest BCUT2D eigenvalue weighted by Crippen LogP contribution is 2.25. The van der Waals surface area contributed by atoms with Gasteiger partial charge in [0.1, 0.15) is 0 Å². The van der Waals surface area contributed by atoms with E-state index in [9.17, 15) is 14.7 Å². The molecule has 0 radical (unpaired) electrons. The predicted octanol–water partition coefficient (Wildman–Crippen LogP) is 4.18. The minimum Gasteiger partial charge on any atom is -0.504 e. The number of anilines is 1. The molecule has 3 aromatic carbocycles. The number of carbonyl (C=O) groups is 2. The van der Waals surface area contributed by atoms with Gasteiger partial charge in [0, 0.05) is 10.0 Å². The molecule has 0 aliphatic carbocycles. The third-order valence-corrected chi connectivity index (χ3v) is 4.64. The molecule has 0 heterocycles. The van der Waals surface area contributed by atoms with E-state index in [2.05, 4.69) is 31.8 Å². The molecule has 3 aromatic rings. The molecule has 2 amide bonds. The van der Waals surface area contributed by atoms with Crippen LogP contribution in [0.4, 0.5) is 5.69 Å². The van der Waals surface area contributed by atoms with Crippen molar-refractivity contribution < 1.29 is 19.4 Å². The lowest BCUT2D eigenvalue weighted by atomic mass is 10.1. The number of amides is 2. The van der Waals surface area contributed by atoms with E-state index in [4.69, 9.17) is 4.74 Å². The monoisotopic (exact) mass is 467 g/mol. The van der Waals surface area contributed by atoms with E-state index in [1.165, 1.54) is 19.4 Å². The number of rotatable bonds is 6. The second-order valence-electron chi connectivity index (χ2n) is 6.14. The number of phenolic OH excluding ortho intramolecular Hbond substituents is 1. The molecule has 3 rings (SSSR count). The number of nitrogens with one attached hydrogen (secondary N) is 2. The zero-order valence-corrected chi connectivity index (χ0v) is 17.5. The first-order chi connectivity index (χ1) is 14.5. The van der Waals surface area contributed by atoms with E-state index < -0.39 is 5.91 Å². The normalized spacial score (nSPS) is 10.6. The smallest absolute Gasteiger partial charge is 0.273 e. The number of para-hydroxylation sites is 1. The van der Waals surface area contributed by atoms with Gasteiger partial charge in [0.15, 0.2) is 11.5 Å². The molecule has 8 heteroatoms. The first-order valence-corrected chi connectivity index (χ1v) is 9.63. The van der Waals surface area contributed by atoms with Crippen molar-refractivity contribution in [1.29, 1.82) is 0 Å². The lowest BCUT2D eigenvalue weighted by Gasteiger charge is -2.10. The first-order valence-electron chi connectivity index (χ1n) is 8.84. The highest BCUT2D eigenvalue weighted by Gasteiger charge is 2.13. The summed E-state index contributed by atoms with van der Waals surface area (Å²) in [6, 6.07) is 18.2. The SMILES string of the molecule is COc1ccc(/C=N\NC(=O)c2ccccc2NC(=O)c2ccc(Br)cc2)cc1O. The van der Waals surface area contributed by atoms with Crippen molar-refractivity contribution in [3.63, 3.8) is 0 Å². The van der Waals surface area contributed by atoms with Gasteiger partial charge in [-0.2, -0.15) is 5.10 Å². The van der Waals surface area contributed by atoms with Gasteiger partial charge in [0.05, 0.1) is 24.6 Å². The van der Waals surface area contributed by atoms with Crippen LogP contribution >= 0.6 is 15.9 Å². The van der Waals surface area contributed by atoms with E-state index >= 15 is 0 Å². The summed E-state index contributed by atoms with van der Waals surface area (Å²) in [4.78, 5) is 25.0. The van der Waals surface area contributed by atoms with Crippen LogP contribution in [0.5, 0.6) is 11.5 Å². The molecule has 0 spiro atoms. The minimum atomic E-state index is -0.490. The second-order valence-corrected chi connectivity index (χ2v) is 7.05. The number of ether oxygens (including phenoxy) is 1. The number of hydrazone groups is 1. The number of phenols is 1. The Kier molecular flexibility index (Phi) is 6.82. The topological polar surface area (TPSA) is 100 Å². The minimum absolute atomic E-state index is 0.0335. The summed E-state index contributed by atoms with van der Waals surface area (Å²) in [5.41, 5.74) is 4.08. The summed E-state index contributed by atoms with van der Waals surface area (Å²) in [7, 11) is 1.45. The Balaban J connectivity index is 1.70. The second kappa shape index (κ2) is 9.71. The van der Waals surface area contributed by atoms with Gasteiger partial charge in [-0.05, 0) is 60.2 Å². The Hall–Kier alpha value is -3.65. The molecule has 0 atom stereocenters. The van der Waals surface area contributed by atoms with Gasteiger partial charge in [-0.3, -0.25) is 9.59 Å². The van der Waals surface area contributed by atoms with Crippen molar-refractivity contribution in [2.24, 2.45) is 5.10 Å². The molecule has 0 aliphatic rings. The van der Waals surface area contributed by atoms with Crippen molar-refractivity contribution >= 4 is 39.6 Å². The molecule has 3 N–H and O–H groups in total. The molecule has 0 saturated carbocycles. The van der Waals surface area contributed by atoms with Crippen LogP contribution in [0.2, 0.25) is 0 Å². The maximum Gasteiger partial charge on any atom is 0.273 e. The predicted molar refractivity (Wildman–Crippen MR) is 118 cm³/mol. The van der Waals surface area contributed by atoms with Crippen LogP contribution in [-0.2, 0) is 0 Å². The van der Waals surface area contributed by atoms with Crippen molar-refractivity contribution in [2.45, 2.75) is 0 Å². The Morgan fingerprint density at radius 2 is 1.77 bits per heavy atom. The summed E-state index contributed by atoms with van der Waals surface area (Å²) in [5.74, 6) is -0.518. The fourth-order valence-electron chi connectivity index (χ4n) is 2.60. The summed E-state index contributed by atoms with van der Waals surface area (Å²) in [6.45, 7) is 0. The van der Waals surface area contributed by atoms with E-state index in [0.29, 0.717) is 22.6 Å². The van der Waals surface area contributed by atoms with Crippen LogP contribution in [0.25, 0.3) is 0 Å². The number of nitrogens with zero attached hydrogens (tertiary/aromatic N) is 1. The van der Waals surface area contributed by atoms with Crippen LogP contribution in [0.3, 0.4) is 0 Å². The lowest BCUT2D eigenvalue weighted by Crippen LogP contribution is -2.21. The van der Waals surface area contributed by atoms with E-state index in [1.807, 2.05) is 0 Å². The maximum absolute atomic E-state index is 12.5. The zero-order chi connectivity index (χ0) is 21.5. The summed E-state index contributed by atoms with van der Waals surface area (Å²) < 4.78 is 5.84. The first kappa shape index (κ1) is 21.1. The number of methoxy groups -OCH3 is 1. The standard InChI is InChI=1S/C22H18BrN3O4/c1-30-20-11-6-14(12-19(20)27)13-24-26-22(29)17-4-2-3-5-18(17)25-21(28)15-7-9-16(23)10-8-15/h2-13,27H,1H3,(H,25,28)(H,26,29)/b24-13-. The van der Waals surface area contributed by atoms with E-state index in [1.54, 1.807) is 60.7 Å². The highest BCUT2D eigenvalue weighted by molar-refractivity contribution is 9.10. The molecule has 0 bridgehead atoms. The largest absolute Gasteiger partial charge is 0.504 e. The Bertz CT molecular complexity index is 1100. The van der Waals surface area contributed by atoms with Gasteiger partial charge in [-0.15, -0.1) is 0 Å². The Labute approximate surface area is 181 Å². The molecule has 152 valence electrons. The molecule has 0 fully saturated rings. The van der Waals surface area contributed by atoms with Gasteiger partial charge in [-0.25, -0.2) is 5.43 Å². The van der Waals surface area contributed by atoms with Gasteiger partial charge in [-0.1, -0.05) is 28.1 Å². The van der Waals surface area contributed by atoms with Crippen LogP contribution in [0.15, 0.2) is 76.3 Å². The number of halogens is 1.